The Morgan fingerprint density at radius 2 is 1.90 bits per heavy atom. The monoisotopic (exact) mass is 283 g/mol. The maximum absolute atomic E-state index is 12.8. The number of hydrogen-bond donors (Lipinski definition) is 0. The average molecular weight is 283 g/mol. The number of hydrogen-bond acceptors (Lipinski definition) is 3. The molecule has 0 spiro atoms. The smallest absolute Gasteiger partial charge is 0.296 e. The quantitative estimate of drug-likeness (QED) is 0.793. The zero-order valence-corrected chi connectivity index (χ0v) is 10.5. The average Bonchev–Trinajstić information content (AvgIpc) is 2.83. The molecule has 0 amide bonds. The maximum Gasteiger partial charge on any atom is 0.435 e. The fraction of sp³-hybridized carbons (Fsp3) is 0.308. The van der Waals surface area contributed by atoms with Crippen LogP contribution in [0.3, 0.4) is 0 Å². The van der Waals surface area contributed by atoms with Crippen LogP contribution in [0.4, 0.5) is 13.2 Å². The molecule has 0 fully saturated rings. The van der Waals surface area contributed by atoms with E-state index in [-0.39, 0.29) is 12.8 Å². The lowest BCUT2D eigenvalue weighted by Crippen LogP contribution is -2.17. The second kappa shape index (κ2) is 5.85. The van der Waals surface area contributed by atoms with Gasteiger partial charge in [-0.25, -0.2) is 4.68 Å². The van der Waals surface area contributed by atoms with Crippen LogP contribution in [0.1, 0.15) is 28.2 Å². The molecule has 0 atom stereocenters. The number of halogens is 3. The summed E-state index contributed by atoms with van der Waals surface area (Å²) in [5.41, 5.74) is -0.713. The molecule has 0 saturated heterocycles. The van der Waals surface area contributed by atoms with E-state index in [2.05, 4.69) is 10.3 Å². The number of alkyl halides is 3. The van der Waals surface area contributed by atoms with Crippen molar-refractivity contribution in [2.24, 2.45) is 0 Å². The first-order valence-electron chi connectivity index (χ1n) is 6.02. The maximum atomic E-state index is 12.8. The Morgan fingerprint density at radius 1 is 1.20 bits per heavy atom. The Hall–Kier alpha value is -2.18. The highest BCUT2D eigenvalue weighted by Gasteiger charge is 2.39. The summed E-state index contributed by atoms with van der Waals surface area (Å²) < 4.78 is 39.2. The van der Waals surface area contributed by atoms with Gasteiger partial charge in [0.15, 0.2) is 17.7 Å². The second-order valence-corrected chi connectivity index (χ2v) is 4.25. The van der Waals surface area contributed by atoms with Crippen molar-refractivity contribution in [2.75, 3.05) is 0 Å². The SMILES string of the molecule is O=Cc1nnn(CCCc2ccccc2)c1C(F)(F)F. The highest BCUT2D eigenvalue weighted by atomic mass is 19.4. The summed E-state index contributed by atoms with van der Waals surface area (Å²) in [6.07, 6.45) is -3.45. The number of rotatable bonds is 5. The first kappa shape index (κ1) is 14.2. The summed E-state index contributed by atoms with van der Waals surface area (Å²) in [5.74, 6) is 0. The molecule has 0 bridgehead atoms. The van der Waals surface area contributed by atoms with Gasteiger partial charge in [-0.2, -0.15) is 13.2 Å². The molecular weight excluding hydrogens is 271 g/mol. The van der Waals surface area contributed by atoms with Crippen LogP contribution in [0, 0.1) is 0 Å². The predicted molar refractivity (Wildman–Crippen MR) is 65.2 cm³/mol. The van der Waals surface area contributed by atoms with Crippen LogP contribution >= 0.6 is 0 Å². The van der Waals surface area contributed by atoms with Crippen LogP contribution in [-0.4, -0.2) is 21.3 Å². The van der Waals surface area contributed by atoms with E-state index in [1.807, 2.05) is 30.3 Å². The summed E-state index contributed by atoms with van der Waals surface area (Å²) in [6.45, 7) is 0.0601. The third kappa shape index (κ3) is 3.23. The number of aromatic nitrogens is 3. The minimum absolute atomic E-state index is 0.0601. The molecule has 7 heteroatoms. The molecular formula is C13H12F3N3O. The number of nitrogens with zero attached hydrogens (tertiary/aromatic N) is 3. The molecule has 2 rings (SSSR count). The third-order valence-corrected chi connectivity index (χ3v) is 2.82. The normalized spacial score (nSPS) is 11.6. The van der Waals surface area contributed by atoms with Crippen LogP contribution in [0.5, 0.6) is 0 Å². The first-order chi connectivity index (χ1) is 9.52. The molecule has 0 aliphatic heterocycles. The third-order valence-electron chi connectivity index (χ3n) is 2.82. The lowest BCUT2D eigenvalue weighted by molar-refractivity contribution is -0.144. The van der Waals surface area contributed by atoms with Gasteiger partial charge in [0.25, 0.3) is 0 Å². The van der Waals surface area contributed by atoms with E-state index in [1.165, 1.54) is 0 Å². The van der Waals surface area contributed by atoms with E-state index in [4.69, 9.17) is 0 Å². The standard InChI is InChI=1S/C13H12F3N3O/c14-13(15,16)12-11(9-20)17-18-19(12)8-4-7-10-5-2-1-3-6-10/h1-3,5-6,9H,4,7-8H2. The molecule has 0 N–H and O–H groups in total. The Balaban J connectivity index is 2.07. The summed E-state index contributed by atoms with van der Waals surface area (Å²) in [5, 5.41) is 6.65. The lowest BCUT2D eigenvalue weighted by Gasteiger charge is -2.09. The Bertz CT molecular complexity index is 578. The fourth-order valence-electron chi connectivity index (χ4n) is 1.93. The van der Waals surface area contributed by atoms with Gasteiger partial charge in [-0.15, -0.1) is 5.10 Å². The molecule has 0 radical (unpaired) electrons. The number of carbonyl (C=O) groups excluding carboxylic acids is 1. The van der Waals surface area contributed by atoms with Crippen LogP contribution in [-0.2, 0) is 19.1 Å². The van der Waals surface area contributed by atoms with Crippen molar-refractivity contribution in [3.63, 3.8) is 0 Å². The highest BCUT2D eigenvalue weighted by molar-refractivity contribution is 5.73. The topological polar surface area (TPSA) is 47.8 Å². The van der Waals surface area contributed by atoms with Gasteiger partial charge in [-0.1, -0.05) is 35.5 Å². The van der Waals surface area contributed by atoms with Crippen molar-refractivity contribution in [3.8, 4) is 0 Å². The van der Waals surface area contributed by atoms with Gasteiger partial charge in [0, 0.05) is 6.54 Å². The molecule has 20 heavy (non-hydrogen) atoms. The molecule has 4 nitrogen and oxygen atoms in total. The second-order valence-electron chi connectivity index (χ2n) is 4.25. The van der Waals surface area contributed by atoms with E-state index >= 15 is 0 Å². The van der Waals surface area contributed by atoms with Gasteiger partial charge in [0.05, 0.1) is 0 Å². The number of benzene rings is 1. The van der Waals surface area contributed by atoms with E-state index in [0.717, 1.165) is 10.2 Å². The minimum Gasteiger partial charge on any atom is -0.296 e. The van der Waals surface area contributed by atoms with Crippen LogP contribution in [0.25, 0.3) is 0 Å². The molecule has 0 unspecified atom stereocenters. The van der Waals surface area contributed by atoms with E-state index in [0.29, 0.717) is 12.8 Å². The van der Waals surface area contributed by atoms with Gasteiger partial charge in [0.1, 0.15) is 0 Å². The van der Waals surface area contributed by atoms with Gasteiger partial charge < -0.3 is 0 Å². The van der Waals surface area contributed by atoms with E-state index < -0.39 is 17.6 Å². The van der Waals surface area contributed by atoms with Crippen molar-refractivity contribution < 1.29 is 18.0 Å². The zero-order chi connectivity index (χ0) is 14.6. The Morgan fingerprint density at radius 3 is 2.50 bits per heavy atom. The first-order valence-corrected chi connectivity index (χ1v) is 6.02. The minimum atomic E-state index is -4.63. The zero-order valence-electron chi connectivity index (χ0n) is 10.5. The molecule has 106 valence electrons. The van der Waals surface area contributed by atoms with Gasteiger partial charge >= 0.3 is 6.18 Å². The molecule has 1 aromatic carbocycles. The highest BCUT2D eigenvalue weighted by Crippen LogP contribution is 2.30. The molecule has 2 aromatic rings. The van der Waals surface area contributed by atoms with Gasteiger partial charge in [-0.05, 0) is 18.4 Å². The van der Waals surface area contributed by atoms with Crippen molar-refractivity contribution in [1.82, 2.24) is 15.0 Å². The predicted octanol–water partition coefficient (Wildman–Crippen LogP) is 2.74. The molecule has 0 saturated carbocycles. The van der Waals surface area contributed by atoms with Crippen molar-refractivity contribution in [2.45, 2.75) is 25.6 Å². The van der Waals surface area contributed by atoms with Crippen LogP contribution in [0.15, 0.2) is 30.3 Å². The Labute approximate surface area is 113 Å². The van der Waals surface area contributed by atoms with Crippen molar-refractivity contribution in [1.29, 1.82) is 0 Å². The van der Waals surface area contributed by atoms with Gasteiger partial charge in [-0.3, -0.25) is 4.79 Å². The Kier molecular flexibility index (Phi) is 4.16. The van der Waals surface area contributed by atoms with Crippen molar-refractivity contribution in [3.05, 3.63) is 47.3 Å². The van der Waals surface area contributed by atoms with E-state index in [9.17, 15) is 18.0 Å². The largest absolute Gasteiger partial charge is 0.435 e. The molecule has 0 aliphatic carbocycles. The van der Waals surface area contributed by atoms with Crippen molar-refractivity contribution >= 4 is 6.29 Å². The van der Waals surface area contributed by atoms with Gasteiger partial charge in [0.2, 0.25) is 0 Å². The lowest BCUT2D eigenvalue weighted by atomic mass is 10.1. The van der Waals surface area contributed by atoms with Crippen LogP contribution in [0.2, 0.25) is 0 Å². The van der Waals surface area contributed by atoms with E-state index in [1.54, 1.807) is 0 Å². The molecule has 1 heterocycles. The molecule has 0 aliphatic rings. The number of aldehydes is 1. The fourth-order valence-corrected chi connectivity index (χ4v) is 1.93. The molecule has 1 aromatic heterocycles. The number of aryl methyl sites for hydroxylation is 2. The number of carbonyl (C=O) groups is 1. The summed E-state index contributed by atoms with van der Waals surface area (Å²) >= 11 is 0. The summed E-state index contributed by atoms with van der Waals surface area (Å²) in [4.78, 5) is 10.6. The summed E-state index contributed by atoms with van der Waals surface area (Å²) in [6, 6.07) is 9.43. The summed E-state index contributed by atoms with van der Waals surface area (Å²) in [7, 11) is 0. The van der Waals surface area contributed by atoms with Crippen LogP contribution < -0.4 is 0 Å².